The summed E-state index contributed by atoms with van der Waals surface area (Å²) >= 11 is 0. The van der Waals surface area contributed by atoms with Gasteiger partial charge >= 0.3 is 5.97 Å². The van der Waals surface area contributed by atoms with Gasteiger partial charge in [-0.2, -0.15) is 0 Å². The summed E-state index contributed by atoms with van der Waals surface area (Å²) in [5, 5.41) is 8.70. The molecule has 0 unspecified atom stereocenters. The van der Waals surface area contributed by atoms with E-state index in [-0.39, 0.29) is 30.6 Å². The van der Waals surface area contributed by atoms with Crippen molar-refractivity contribution in [1.29, 1.82) is 0 Å². The van der Waals surface area contributed by atoms with Crippen LogP contribution < -0.4 is 10.7 Å². The van der Waals surface area contributed by atoms with Crippen LogP contribution in [0.3, 0.4) is 0 Å². The molecule has 0 spiro atoms. The number of Topliss-reactive ketones (excluding diaryl/α,β-unsaturated/α-hetero) is 1. The zero-order chi connectivity index (χ0) is 19.1. The molecule has 26 heavy (non-hydrogen) atoms. The fourth-order valence-electron chi connectivity index (χ4n) is 2.76. The Balaban J connectivity index is 2.02. The number of ether oxygens (including phenoxy) is 1. The lowest BCUT2D eigenvalue weighted by Crippen LogP contribution is -2.45. The summed E-state index contributed by atoms with van der Waals surface area (Å²) in [5.41, 5.74) is 0.510. The Morgan fingerprint density at radius 1 is 1.50 bits per heavy atom. The van der Waals surface area contributed by atoms with E-state index in [1.54, 1.807) is 12.1 Å². The van der Waals surface area contributed by atoms with Crippen LogP contribution >= 0.6 is 0 Å². The highest BCUT2D eigenvalue weighted by Crippen LogP contribution is 2.19. The molecule has 1 aromatic heterocycles. The second-order valence-corrected chi connectivity index (χ2v) is 5.89. The normalized spacial score (nSPS) is 16.0. The van der Waals surface area contributed by atoms with E-state index in [2.05, 4.69) is 16.9 Å². The zero-order valence-electron chi connectivity index (χ0n) is 14.7. The minimum atomic E-state index is -0.582. The minimum Gasteiger partial charge on any atom is -0.460 e. The summed E-state index contributed by atoms with van der Waals surface area (Å²) in [4.78, 5) is 41.7. The molecule has 1 aliphatic rings. The van der Waals surface area contributed by atoms with E-state index < -0.39 is 12.0 Å². The number of likely N-dealkylation sites (tertiary alicyclic amines) is 1. The lowest BCUT2D eigenvalue weighted by Gasteiger charge is -2.23. The van der Waals surface area contributed by atoms with Crippen LogP contribution in [0.5, 0.6) is 0 Å². The molecule has 0 bridgehead atoms. The van der Waals surface area contributed by atoms with Gasteiger partial charge in [-0.15, -0.1) is 0 Å². The highest BCUT2D eigenvalue weighted by atomic mass is 16.5. The first-order valence-electron chi connectivity index (χ1n) is 8.35. The molecule has 8 heteroatoms. The van der Waals surface area contributed by atoms with Crippen molar-refractivity contribution in [3.05, 3.63) is 36.5 Å². The van der Waals surface area contributed by atoms with E-state index in [0.29, 0.717) is 24.3 Å². The van der Waals surface area contributed by atoms with Gasteiger partial charge in [0, 0.05) is 19.7 Å². The summed E-state index contributed by atoms with van der Waals surface area (Å²) in [6.07, 6.45) is 4.33. The second-order valence-electron chi connectivity index (χ2n) is 5.89. The maximum Gasteiger partial charge on any atom is 0.329 e. The highest BCUT2D eigenvalue weighted by Gasteiger charge is 2.35. The molecule has 0 saturated carbocycles. The molecule has 0 radical (unpaired) electrons. The number of anilines is 1. The van der Waals surface area contributed by atoms with Gasteiger partial charge in [0.1, 0.15) is 18.5 Å². The van der Waals surface area contributed by atoms with E-state index >= 15 is 0 Å². The number of aromatic nitrogens is 1. The van der Waals surface area contributed by atoms with E-state index in [0.717, 1.165) is 6.42 Å². The Labute approximate surface area is 151 Å². The number of nitrogens with one attached hydrogen (secondary N) is 1. The molecular formula is C18H23N4O4+. The Bertz CT molecular complexity index is 732. The van der Waals surface area contributed by atoms with Gasteiger partial charge in [0.25, 0.3) is 5.71 Å². The van der Waals surface area contributed by atoms with Crippen molar-refractivity contribution in [2.75, 3.05) is 25.0 Å². The number of rotatable bonds is 8. The van der Waals surface area contributed by atoms with Crippen LogP contribution in [0.2, 0.25) is 0 Å². The first-order chi connectivity index (χ1) is 12.5. The fraction of sp³-hybridized carbons (Fsp3) is 0.389. The Hall–Kier alpha value is -3.03. The molecule has 2 heterocycles. The number of hydrogen-bond donors (Lipinski definition) is 2. The highest BCUT2D eigenvalue weighted by molar-refractivity contribution is 6.43. The van der Waals surface area contributed by atoms with Crippen molar-refractivity contribution in [1.82, 2.24) is 9.88 Å². The second kappa shape index (κ2) is 8.89. The number of nitrogens with zero attached hydrogens (tertiary/aromatic N) is 2. The van der Waals surface area contributed by atoms with Crippen LogP contribution in [0.25, 0.3) is 0 Å². The van der Waals surface area contributed by atoms with Gasteiger partial charge < -0.3 is 15.0 Å². The monoisotopic (exact) mass is 359 g/mol. The number of ketones is 1. The SMILES string of the molecule is C=CCOC(=O)[C@@H]1CCCN1C(=O)CNc1ncccc1C(=[NH2+])C(C)=O. The van der Waals surface area contributed by atoms with E-state index in [4.69, 9.17) is 10.1 Å². The molecule has 1 atom stereocenters. The lowest BCUT2D eigenvalue weighted by atomic mass is 10.1. The van der Waals surface area contributed by atoms with Crippen LogP contribution in [-0.2, 0) is 19.1 Å². The summed E-state index contributed by atoms with van der Waals surface area (Å²) in [6, 6.07) is 2.73. The van der Waals surface area contributed by atoms with Gasteiger partial charge in [0.2, 0.25) is 11.7 Å². The average Bonchev–Trinajstić information content (AvgIpc) is 3.13. The average molecular weight is 359 g/mol. The van der Waals surface area contributed by atoms with Gasteiger partial charge in [-0.05, 0) is 25.0 Å². The molecule has 2 rings (SSSR count). The van der Waals surface area contributed by atoms with Crippen LogP contribution in [0.4, 0.5) is 5.82 Å². The number of pyridine rings is 1. The lowest BCUT2D eigenvalue weighted by molar-refractivity contribution is -0.151. The third-order valence-electron chi connectivity index (χ3n) is 4.07. The molecule has 1 saturated heterocycles. The summed E-state index contributed by atoms with van der Waals surface area (Å²) < 4.78 is 5.05. The zero-order valence-corrected chi connectivity index (χ0v) is 14.7. The van der Waals surface area contributed by atoms with E-state index in [1.165, 1.54) is 24.1 Å². The maximum atomic E-state index is 12.5. The largest absolute Gasteiger partial charge is 0.460 e. The number of hydrogen-bond acceptors (Lipinski definition) is 6. The molecule has 1 aliphatic heterocycles. The molecule has 1 aromatic rings. The van der Waals surface area contributed by atoms with Crippen molar-refractivity contribution in [2.24, 2.45) is 0 Å². The van der Waals surface area contributed by atoms with Crippen molar-refractivity contribution in [2.45, 2.75) is 25.8 Å². The summed E-state index contributed by atoms with van der Waals surface area (Å²) in [6.45, 7) is 5.40. The molecule has 0 aliphatic carbocycles. The van der Waals surface area contributed by atoms with Crippen LogP contribution in [0.1, 0.15) is 25.3 Å². The molecule has 3 N–H and O–H groups in total. The van der Waals surface area contributed by atoms with Gasteiger partial charge in [-0.1, -0.05) is 12.7 Å². The Morgan fingerprint density at radius 2 is 2.27 bits per heavy atom. The standard InChI is InChI=1S/C18H22N4O4/c1-3-10-26-18(25)14-7-5-9-22(14)15(24)11-21-17-13(6-4-8-20-17)16(19)12(2)23/h3-4,6,8,14,19H,1,5,7,9-11H2,2H3,(H,20,21)/p+1/t14-/m0/s1. The maximum absolute atomic E-state index is 12.5. The molecule has 1 amide bonds. The number of carbonyl (C=O) groups is 3. The number of esters is 1. The third kappa shape index (κ3) is 4.53. The van der Waals surface area contributed by atoms with Gasteiger partial charge in [0.15, 0.2) is 0 Å². The van der Waals surface area contributed by atoms with Crippen molar-refractivity contribution >= 4 is 29.2 Å². The third-order valence-corrected chi connectivity index (χ3v) is 4.07. The molecule has 1 fully saturated rings. The molecular weight excluding hydrogens is 336 g/mol. The van der Waals surface area contributed by atoms with E-state index in [9.17, 15) is 14.4 Å². The first-order valence-corrected chi connectivity index (χ1v) is 8.35. The quantitative estimate of drug-likeness (QED) is 0.362. The van der Waals surface area contributed by atoms with Crippen LogP contribution in [0.15, 0.2) is 31.0 Å². The topological polar surface area (TPSA) is 114 Å². The van der Waals surface area contributed by atoms with Gasteiger partial charge in [0.05, 0.1) is 12.1 Å². The summed E-state index contributed by atoms with van der Waals surface area (Å²) in [5.74, 6) is -0.611. The predicted octanol–water partition coefficient (Wildman–Crippen LogP) is -0.649. The molecule has 8 nitrogen and oxygen atoms in total. The van der Waals surface area contributed by atoms with Gasteiger partial charge in [-0.3, -0.25) is 15.0 Å². The van der Waals surface area contributed by atoms with Crippen molar-refractivity contribution in [3.8, 4) is 0 Å². The molecule has 0 aromatic carbocycles. The predicted molar refractivity (Wildman–Crippen MR) is 95.3 cm³/mol. The summed E-state index contributed by atoms with van der Waals surface area (Å²) in [7, 11) is 0. The minimum absolute atomic E-state index is 0.0690. The van der Waals surface area contributed by atoms with Gasteiger partial charge in [-0.25, -0.2) is 9.78 Å². The molecule has 138 valence electrons. The van der Waals surface area contributed by atoms with E-state index in [1.807, 2.05) is 0 Å². The van der Waals surface area contributed by atoms with Crippen molar-refractivity contribution in [3.63, 3.8) is 0 Å². The number of nitrogens with two attached hydrogens (primary N) is 1. The smallest absolute Gasteiger partial charge is 0.329 e. The first kappa shape index (κ1) is 19.3. The fourth-order valence-corrected chi connectivity index (χ4v) is 2.76. The van der Waals surface area contributed by atoms with Crippen molar-refractivity contribution < 1.29 is 24.5 Å². The number of carbonyl (C=O) groups excluding carboxylic acids is 3. The Morgan fingerprint density at radius 3 is 2.96 bits per heavy atom. The van der Waals surface area contributed by atoms with Crippen LogP contribution in [-0.4, -0.2) is 59.0 Å². The van der Waals surface area contributed by atoms with Crippen LogP contribution in [0, 0.1) is 0 Å². The number of amides is 1. The Kier molecular flexibility index (Phi) is 6.60.